The third-order valence-corrected chi connectivity index (χ3v) is 7.24. The van der Waals surface area contributed by atoms with Crippen molar-refractivity contribution in [2.24, 2.45) is 11.1 Å². The second-order valence-corrected chi connectivity index (χ2v) is 10.1. The Balaban J connectivity index is 1.56. The molecule has 0 radical (unpaired) electrons. The molecule has 10 heteroatoms. The molecule has 6 N–H and O–H groups in total. The summed E-state index contributed by atoms with van der Waals surface area (Å²) in [5, 5.41) is 18.0. The van der Waals surface area contributed by atoms with Crippen molar-refractivity contribution in [2.45, 2.75) is 64.0 Å². The van der Waals surface area contributed by atoms with Crippen molar-refractivity contribution >= 4 is 29.4 Å². The first kappa shape index (κ1) is 29.6. The summed E-state index contributed by atoms with van der Waals surface area (Å²) in [5.74, 6) is -1.18. The summed E-state index contributed by atoms with van der Waals surface area (Å²) < 4.78 is 5.14. The van der Waals surface area contributed by atoms with Crippen molar-refractivity contribution in [3.05, 3.63) is 59.7 Å². The molecular formula is C29H38N4O6. The van der Waals surface area contributed by atoms with Gasteiger partial charge in [-0.15, -0.1) is 0 Å². The highest BCUT2D eigenvalue weighted by Crippen LogP contribution is 2.41. The van der Waals surface area contributed by atoms with Gasteiger partial charge in [0, 0.05) is 25.6 Å². The van der Waals surface area contributed by atoms with Gasteiger partial charge in [-0.3, -0.25) is 14.4 Å². The fourth-order valence-corrected chi connectivity index (χ4v) is 4.93. The number of anilines is 1. The van der Waals surface area contributed by atoms with Crippen LogP contribution in [-0.4, -0.2) is 54.5 Å². The molecular weight excluding hydrogens is 500 g/mol. The molecule has 0 aromatic heterocycles. The predicted molar refractivity (Wildman–Crippen MR) is 147 cm³/mol. The predicted octanol–water partition coefficient (Wildman–Crippen LogP) is 2.40. The number of benzene rings is 2. The molecule has 1 aliphatic carbocycles. The lowest BCUT2D eigenvalue weighted by Gasteiger charge is -2.29. The number of nitrogens with one attached hydrogen (secondary N) is 3. The first-order chi connectivity index (χ1) is 18.6. The first-order valence-corrected chi connectivity index (χ1v) is 13.2. The van der Waals surface area contributed by atoms with E-state index in [9.17, 15) is 24.3 Å². The van der Waals surface area contributed by atoms with E-state index in [0.29, 0.717) is 43.5 Å². The van der Waals surface area contributed by atoms with E-state index in [1.165, 1.54) is 6.92 Å². The lowest BCUT2D eigenvalue weighted by atomic mass is 9.81. The second kappa shape index (κ2) is 13.7. The van der Waals surface area contributed by atoms with Crippen LogP contribution in [0.4, 0.5) is 5.69 Å². The van der Waals surface area contributed by atoms with Crippen LogP contribution in [0.2, 0.25) is 0 Å². The Morgan fingerprint density at radius 1 is 0.974 bits per heavy atom. The Hall–Kier alpha value is -3.92. The average Bonchev–Trinajstić information content (AvgIpc) is 3.39. The van der Waals surface area contributed by atoms with Gasteiger partial charge in [0.1, 0.15) is 11.8 Å². The van der Waals surface area contributed by atoms with Gasteiger partial charge in [-0.2, -0.15) is 0 Å². The van der Waals surface area contributed by atoms with E-state index in [-0.39, 0.29) is 24.1 Å². The molecule has 1 aliphatic rings. The lowest BCUT2D eigenvalue weighted by Crippen LogP contribution is -2.49. The van der Waals surface area contributed by atoms with Crippen molar-refractivity contribution in [3.8, 4) is 5.75 Å². The van der Waals surface area contributed by atoms with Crippen molar-refractivity contribution in [2.75, 3.05) is 19.0 Å². The monoisotopic (exact) mass is 538 g/mol. The molecule has 2 atom stereocenters. The van der Waals surface area contributed by atoms with E-state index in [4.69, 9.17) is 10.5 Å². The van der Waals surface area contributed by atoms with Crippen LogP contribution in [-0.2, 0) is 32.0 Å². The van der Waals surface area contributed by atoms with Crippen LogP contribution >= 0.6 is 0 Å². The van der Waals surface area contributed by atoms with E-state index >= 15 is 0 Å². The third kappa shape index (κ3) is 8.54. The smallest absolute Gasteiger partial charge is 0.326 e. The Kier molecular flexibility index (Phi) is 10.4. The summed E-state index contributed by atoms with van der Waals surface area (Å²) in [6.07, 6.45) is 4.04. The number of methoxy groups -OCH3 is 1. The molecule has 1 saturated carbocycles. The third-order valence-electron chi connectivity index (χ3n) is 7.24. The van der Waals surface area contributed by atoms with Gasteiger partial charge in [-0.05, 0) is 61.1 Å². The van der Waals surface area contributed by atoms with Crippen molar-refractivity contribution < 1.29 is 29.0 Å². The van der Waals surface area contributed by atoms with Crippen LogP contribution < -0.4 is 26.4 Å². The molecule has 2 aromatic rings. The van der Waals surface area contributed by atoms with Gasteiger partial charge in [0.05, 0.1) is 18.6 Å². The highest BCUT2D eigenvalue weighted by molar-refractivity contribution is 5.95. The summed E-state index contributed by atoms with van der Waals surface area (Å²) in [4.78, 5) is 49.0. The molecule has 3 rings (SSSR count). The molecule has 0 unspecified atom stereocenters. The van der Waals surface area contributed by atoms with E-state index in [0.717, 1.165) is 24.2 Å². The topological polar surface area (TPSA) is 160 Å². The molecule has 10 nitrogen and oxygen atoms in total. The first-order valence-electron chi connectivity index (χ1n) is 13.2. The number of carboxylic acids is 1. The Labute approximate surface area is 228 Å². The summed E-state index contributed by atoms with van der Waals surface area (Å²) in [6, 6.07) is 12.3. The Morgan fingerprint density at radius 2 is 1.56 bits per heavy atom. The zero-order chi connectivity index (χ0) is 28.4. The SMILES string of the molecule is COc1ccc(C[C@@H](N)C(=O)Nc2ccc(C[C@H](NC(=O)C3(CCNC(C)=O)CCCC3)C(=O)O)cc2)cc1. The maximum Gasteiger partial charge on any atom is 0.326 e. The van der Waals surface area contributed by atoms with Gasteiger partial charge in [-0.1, -0.05) is 37.1 Å². The number of carboxylic acid groups (broad SMARTS) is 1. The highest BCUT2D eigenvalue weighted by atomic mass is 16.5. The summed E-state index contributed by atoms with van der Waals surface area (Å²) in [6.45, 7) is 1.80. The van der Waals surface area contributed by atoms with Crippen molar-refractivity contribution in [1.82, 2.24) is 10.6 Å². The minimum absolute atomic E-state index is 0.0913. The zero-order valence-electron chi connectivity index (χ0n) is 22.5. The maximum atomic E-state index is 13.2. The minimum Gasteiger partial charge on any atom is -0.497 e. The van der Waals surface area contributed by atoms with Gasteiger partial charge in [-0.25, -0.2) is 4.79 Å². The van der Waals surface area contributed by atoms with Crippen LogP contribution in [0.15, 0.2) is 48.5 Å². The number of carbonyl (C=O) groups is 4. The molecule has 0 spiro atoms. The number of carbonyl (C=O) groups excluding carboxylic acids is 3. The number of hydrogen-bond donors (Lipinski definition) is 5. The van der Waals surface area contributed by atoms with Crippen LogP contribution in [0.1, 0.15) is 50.2 Å². The number of aliphatic carboxylic acids is 1. The van der Waals surface area contributed by atoms with Gasteiger partial charge < -0.3 is 31.5 Å². The molecule has 0 saturated heterocycles. The van der Waals surface area contributed by atoms with E-state index in [1.54, 1.807) is 31.4 Å². The zero-order valence-corrected chi connectivity index (χ0v) is 22.5. The Bertz CT molecular complexity index is 1140. The summed E-state index contributed by atoms with van der Waals surface area (Å²) >= 11 is 0. The molecule has 0 heterocycles. The van der Waals surface area contributed by atoms with Gasteiger partial charge in [0.15, 0.2) is 0 Å². The molecule has 0 bridgehead atoms. The fraction of sp³-hybridized carbons (Fsp3) is 0.448. The number of nitrogens with two attached hydrogens (primary N) is 1. The molecule has 3 amide bonds. The molecule has 1 fully saturated rings. The molecule has 2 aromatic carbocycles. The van der Waals surface area contributed by atoms with E-state index in [2.05, 4.69) is 16.0 Å². The van der Waals surface area contributed by atoms with Crippen LogP contribution in [0.3, 0.4) is 0 Å². The maximum absolute atomic E-state index is 13.2. The largest absolute Gasteiger partial charge is 0.497 e. The minimum atomic E-state index is -1.12. The number of rotatable bonds is 13. The van der Waals surface area contributed by atoms with Crippen molar-refractivity contribution in [3.63, 3.8) is 0 Å². The quantitative estimate of drug-likeness (QED) is 0.262. The van der Waals surface area contributed by atoms with Gasteiger partial charge in [0.2, 0.25) is 17.7 Å². The Morgan fingerprint density at radius 3 is 2.13 bits per heavy atom. The standard InChI is InChI=1S/C29H38N4O6/c1-19(34)31-16-15-29(13-3-4-14-29)28(38)33-25(27(36)37)18-21-5-9-22(10-6-21)32-26(35)24(30)17-20-7-11-23(39-2)12-8-20/h5-12,24-25H,3-4,13-18,30H2,1-2H3,(H,31,34)(H,32,35)(H,33,38)(H,36,37)/t24-,25+/m1/s1. The molecule has 0 aliphatic heterocycles. The number of hydrogen-bond acceptors (Lipinski definition) is 6. The van der Waals surface area contributed by atoms with Crippen LogP contribution in [0.5, 0.6) is 5.75 Å². The summed E-state index contributed by atoms with van der Waals surface area (Å²) in [7, 11) is 1.58. The highest BCUT2D eigenvalue weighted by Gasteiger charge is 2.42. The molecule has 210 valence electrons. The van der Waals surface area contributed by atoms with Crippen molar-refractivity contribution in [1.29, 1.82) is 0 Å². The van der Waals surface area contributed by atoms with Crippen LogP contribution in [0.25, 0.3) is 0 Å². The fourth-order valence-electron chi connectivity index (χ4n) is 4.93. The normalized spacial score (nSPS) is 15.6. The van der Waals surface area contributed by atoms with E-state index in [1.807, 2.05) is 24.3 Å². The molecule has 39 heavy (non-hydrogen) atoms. The number of amides is 3. The van der Waals surface area contributed by atoms with Gasteiger partial charge in [0.25, 0.3) is 0 Å². The van der Waals surface area contributed by atoms with Gasteiger partial charge >= 0.3 is 5.97 Å². The average molecular weight is 539 g/mol. The number of ether oxygens (including phenoxy) is 1. The summed E-state index contributed by atoms with van der Waals surface area (Å²) in [5.41, 5.74) is 7.55. The second-order valence-electron chi connectivity index (χ2n) is 10.1. The van der Waals surface area contributed by atoms with E-state index < -0.39 is 23.5 Å². The van der Waals surface area contributed by atoms with Crippen LogP contribution in [0, 0.1) is 5.41 Å². The lowest BCUT2D eigenvalue weighted by molar-refractivity contribution is -0.144.